The van der Waals surface area contributed by atoms with E-state index in [1.807, 2.05) is 12.1 Å². The molecule has 2 aromatic carbocycles. The summed E-state index contributed by atoms with van der Waals surface area (Å²) in [5.74, 6) is -0.483. The number of carbonyl (C=O) groups excluding carboxylic acids is 1. The van der Waals surface area contributed by atoms with Crippen LogP contribution < -0.4 is 16.2 Å². The van der Waals surface area contributed by atoms with Crippen LogP contribution in [0.4, 0.5) is 0 Å². The Morgan fingerprint density at radius 1 is 1.12 bits per heavy atom. The highest BCUT2D eigenvalue weighted by Gasteiger charge is 2.18. The summed E-state index contributed by atoms with van der Waals surface area (Å²) < 4.78 is 5.31. The lowest BCUT2D eigenvalue weighted by atomic mass is 10.1. The average molecular weight is 366 g/mol. The van der Waals surface area contributed by atoms with E-state index < -0.39 is 17.6 Å². The summed E-state index contributed by atoms with van der Waals surface area (Å²) in [5.41, 5.74) is 0.533. The molecule has 0 radical (unpaired) electrons. The Morgan fingerprint density at radius 2 is 1.92 bits per heavy atom. The number of para-hydroxylation sites is 1. The molecule has 1 atom stereocenters. The molecule has 1 amide bonds. The summed E-state index contributed by atoms with van der Waals surface area (Å²) in [6.45, 7) is 1.71. The zero-order valence-electron chi connectivity index (χ0n) is 13.6. The van der Waals surface area contributed by atoms with Gasteiger partial charge in [-0.1, -0.05) is 29.8 Å². The standard InChI is InChI=1S/C19H12ClN3O3/c1-10(14-8-11-4-2-3-5-16(11)26-19(14)25)22-23-17-13-7-6-12(20)9-15(13)21-18(17)24/h2-10H,1H3. The minimum atomic E-state index is -0.576. The Kier molecular flexibility index (Phi) is 3.97. The summed E-state index contributed by atoms with van der Waals surface area (Å²) in [4.78, 5) is 28.2. The van der Waals surface area contributed by atoms with Crippen molar-refractivity contribution >= 4 is 34.2 Å². The van der Waals surface area contributed by atoms with Crippen molar-refractivity contribution in [2.24, 2.45) is 15.2 Å². The highest BCUT2D eigenvalue weighted by molar-refractivity contribution is 6.30. The molecular formula is C19H12ClN3O3. The van der Waals surface area contributed by atoms with E-state index in [2.05, 4.69) is 15.2 Å². The molecule has 0 aliphatic carbocycles. The van der Waals surface area contributed by atoms with Crippen LogP contribution in [0.3, 0.4) is 0 Å². The number of benzene rings is 2. The predicted octanol–water partition coefficient (Wildman–Crippen LogP) is 2.93. The van der Waals surface area contributed by atoms with E-state index in [-0.39, 0.29) is 5.70 Å². The summed E-state index contributed by atoms with van der Waals surface area (Å²) in [6, 6.07) is 13.3. The molecular weight excluding hydrogens is 354 g/mol. The molecule has 7 heteroatoms. The van der Waals surface area contributed by atoms with E-state index in [4.69, 9.17) is 16.0 Å². The Morgan fingerprint density at radius 3 is 2.77 bits per heavy atom. The van der Waals surface area contributed by atoms with Gasteiger partial charge in [0.05, 0.1) is 10.9 Å². The third-order valence-corrected chi connectivity index (χ3v) is 4.32. The van der Waals surface area contributed by atoms with Crippen LogP contribution in [0.5, 0.6) is 0 Å². The van der Waals surface area contributed by atoms with Crippen molar-refractivity contribution in [2.45, 2.75) is 13.0 Å². The highest BCUT2D eigenvalue weighted by Crippen LogP contribution is 2.20. The van der Waals surface area contributed by atoms with Gasteiger partial charge in [0.25, 0.3) is 5.91 Å². The van der Waals surface area contributed by atoms with Crippen molar-refractivity contribution in [2.75, 3.05) is 0 Å². The van der Waals surface area contributed by atoms with Crippen molar-refractivity contribution in [3.8, 4) is 0 Å². The SMILES string of the molecule is CC(N=NC1=c2ccc(Cl)cc2=NC1=O)c1cc2ccccc2oc1=O. The van der Waals surface area contributed by atoms with Crippen LogP contribution in [0.15, 0.2) is 73.0 Å². The fourth-order valence-electron chi connectivity index (χ4n) is 2.75. The van der Waals surface area contributed by atoms with E-state index in [1.165, 1.54) is 0 Å². The topological polar surface area (TPSA) is 84.4 Å². The van der Waals surface area contributed by atoms with Gasteiger partial charge < -0.3 is 4.42 Å². The molecule has 0 spiro atoms. The van der Waals surface area contributed by atoms with E-state index >= 15 is 0 Å². The summed E-state index contributed by atoms with van der Waals surface area (Å²) in [7, 11) is 0. The second-order valence-corrected chi connectivity index (χ2v) is 6.28. The molecule has 4 rings (SSSR count). The Bertz CT molecular complexity index is 1260. The number of fused-ring (bicyclic) bond motifs is 2. The van der Waals surface area contributed by atoms with E-state index in [0.29, 0.717) is 26.7 Å². The number of hydrogen-bond donors (Lipinski definition) is 0. The van der Waals surface area contributed by atoms with Gasteiger partial charge in [-0.05, 0) is 37.3 Å². The van der Waals surface area contributed by atoms with E-state index in [9.17, 15) is 9.59 Å². The first kappa shape index (κ1) is 16.4. The Labute approximate surface area is 152 Å². The normalized spacial score (nSPS) is 14.7. The molecule has 0 saturated heterocycles. The molecule has 2 heterocycles. The largest absolute Gasteiger partial charge is 0.422 e. The van der Waals surface area contributed by atoms with Crippen molar-refractivity contribution in [3.05, 3.63) is 80.1 Å². The Balaban J connectivity index is 1.74. The first-order valence-electron chi connectivity index (χ1n) is 7.89. The molecule has 3 aromatic rings. The van der Waals surface area contributed by atoms with Crippen LogP contribution in [0.2, 0.25) is 5.02 Å². The Hall–Kier alpha value is -3.12. The third-order valence-electron chi connectivity index (χ3n) is 4.09. The van der Waals surface area contributed by atoms with Gasteiger partial charge in [-0.25, -0.2) is 9.79 Å². The maximum Gasteiger partial charge on any atom is 0.341 e. The molecule has 0 bridgehead atoms. The maximum atomic E-state index is 12.2. The van der Waals surface area contributed by atoms with Crippen LogP contribution in [0.1, 0.15) is 18.5 Å². The summed E-state index contributed by atoms with van der Waals surface area (Å²) in [6.07, 6.45) is 0. The monoisotopic (exact) mass is 365 g/mol. The van der Waals surface area contributed by atoms with Gasteiger partial charge >= 0.3 is 5.63 Å². The molecule has 1 aliphatic heterocycles. The second-order valence-electron chi connectivity index (χ2n) is 5.85. The fourth-order valence-corrected chi connectivity index (χ4v) is 2.91. The minimum Gasteiger partial charge on any atom is -0.422 e. The number of carbonyl (C=O) groups is 1. The number of halogens is 1. The summed E-state index contributed by atoms with van der Waals surface area (Å²) >= 11 is 5.91. The van der Waals surface area contributed by atoms with Crippen LogP contribution in [-0.4, -0.2) is 5.91 Å². The number of nitrogens with zero attached hydrogens (tertiary/aromatic N) is 3. The molecule has 0 fully saturated rings. The van der Waals surface area contributed by atoms with Gasteiger partial charge in [0, 0.05) is 15.6 Å². The van der Waals surface area contributed by atoms with Crippen molar-refractivity contribution in [1.82, 2.24) is 0 Å². The van der Waals surface area contributed by atoms with Gasteiger partial charge in [0.1, 0.15) is 11.6 Å². The fraction of sp³-hybridized carbons (Fsp3) is 0.105. The molecule has 128 valence electrons. The molecule has 1 aromatic heterocycles. The molecule has 0 N–H and O–H groups in total. The number of rotatable bonds is 3. The van der Waals surface area contributed by atoms with Crippen LogP contribution >= 0.6 is 11.6 Å². The van der Waals surface area contributed by atoms with Crippen LogP contribution in [0.25, 0.3) is 16.7 Å². The number of amides is 1. The molecule has 1 unspecified atom stereocenters. The molecule has 6 nitrogen and oxygen atoms in total. The van der Waals surface area contributed by atoms with Gasteiger partial charge in [0.2, 0.25) is 0 Å². The molecule has 1 aliphatic rings. The van der Waals surface area contributed by atoms with Gasteiger partial charge in [-0.3, -0.25) is 4.79 Å². The highest BCUT2D eigenvalue weighted by atomic mass is 35.5. The van der Waals surface area contributed by atoms with Gasteiger partial charge in [0.15, 0.2) is 5.70 Å². The van der Waals surface area contributed by atoms with E-state index in [0.717, 1.165) is 5.39 Å². The van der Waals surface area contributed by atoms with Crippen LogP contribution in [-0.2, 0) is 4.79 Å². The quantitative estimate of drug-likeness (QED) is 0.528. The zero-order chi connectivity index (χ0) is 18.3. The first-order valence-corrected chi connectivity index (χ1v) is 8.27. The predicted molar refractivity (Wildman–Crippen MR) is 96.4 cm³/mol. The first-order chi connectivity index (χ1) is 12.5. The molecule has 0 saturated carbocycles. The lowest BCUT2D eigenvalue weighted by Crippen LogP contribution is -2.22. The number of azo groups is 1. The average Bonchev–Trinajstić information content (AvgIpc) is 2.93. The van der Waals surface area contributed by atoms with Crippen molar-refractivity contribution in [1.29, 1.82) is 0 Å². The maximum absolute atomic E-state index is 12.2. The molecule has 26 heavy (non-hydrogen) atoms. The van der Waals surface area contributed by atoms with E-state index in [1.54, 1.807) is 43.3 Å². The third kappa shape index (κ3) is 2.84. The lowest BCUT2D eigenvalue weighted by molar-refractivity contribution is -0.112. The van der Waals surface area contributed by atoms with Crippen molar-refractivity contribution < 1.29 is 9.21 Å². The van der Waals surface area contributed by atoms with Gasteiger partial charge in [-0.15, -0.1) is 5.11 Å². The second kappa shape index (κ2) is 6.31. The summed E-state index contributed by atoms with van der Waals surface area (Å²) in [5, 5.41) is 10.5. The smallest absolute Gasteiger partial charge is 0.341 e. The minimum absolute atomic E-state index is 0.133. The zero-order valence-corrected chi connectivity index (χ0v) is 14.4. The number of hydrogen-bond acceptors (Lipinski definition) is 5. The van der Waals surface area contributed by atoms with Crippen LogP contribution in [0, 0.1) is 0 Å². The van der Waals surface area contributed by atoms with Gasteiger partial charge in [-0.2, -0.15) is 5.11 Å². The van der Waals surface area contributed by atoms with Crippen molar-refractivity contribution in [3.63, 3.8) is 0 Å². The lowest BCUT2D eigenvalue weighted by Gasteiger charge is -2.05.